The molecule has 0 spiro atoms. The predicted molar refractivity (Wildman–Crippen MR) is 76.3 cm³/mol. The van der Waals surface area contributed by atoms with Crippen LogP contribution in [0.25, 0.3) is 16.2 Å². The van der Waals surface area contributed by atoms with Crippen molar-refractivity contribution in [3.63, 3.8) is 0 Å². The van der Waals surface area contributed by atoms with Crippen molar-refractivity contribution >= 4 is 39.2 Å². The zero-order chi connectivity index (χ0) is 12.7. The molecule has 3 rings (SSSR count). The number of rotatable bonds is 2. The number of hydrogen-bond donors (Lipinski definition) is 0. The van der Waals surface area contributed by atoms with Crippen molar-refractivity contribution in [3.05, 3.63) is 45.5 Å². The highest BCUT2D eigenvalue weighted by molar-refractivity contribution is 9.11. The molecule has 0 saturated carbocycles. The number of aromatic nitrogens is 2. The van der Waals surface area contributed by atoms with Gasteiger partial charge < -0.3 is 0 Å². The van der Waals surface area contributed by atoms with Crippen molar-refractivity contribution in [2.24, 2.45) is 0 Å². The van der Waals surface area contributed by atoms with E-state index in [0.29, 0.717) is 5.69 Å². The Kier molecular flexibility index (Phi) is 2.80. The topological polar surface area (TPSA) is 34.4 Å². The largest absolute Gasteiger partial charge is 0.297 e. The van der Waals surface area contributed by atoms with Crippen molar-refractivity contribution in [2.45, 2.75) is 6.92 Å². The van der Waals surface area contributed by atoms with Gasteiger partial charge in [0.1, 0.15) is 17.0 Å². The van der Waals surface area contributed by atoms with Crippen LogP contribution < -0.4 is 0 Å². The number of aldehydes is 1. The molecule has 0 amide bonds. The van der Waals surface area contributed by atoms with E-state index in [-0.39, 0.29) is 0 Å². The number of carbonyl (C=O) groups is 1. The first-order valence-corrected chi connectivity index (χ1v) is 6.99. The fourth-order valence-electron chi connectivity index (χ4n) is 1.90. The lowest BCUT2D eigenvalue weighted by Crippen LogP contribution is -1.91. The maximum Gasteiger partial charge on any atom is 0.169 e. The number of pyridine rings is 1. The smallest absolute Gasteiger partial charge is 0.169 e. The van der Waals surface area contributed by atoms with Crippen LogP contribution in [0.2, 0.25) is 0 Å². The van der Waals surface area contributed by atoms with Crippen molar-refractivity contribution in [3.8, 4) is 10.6 Å². The van der Waals surface area contributed by atoms with Crippen LogP contribution in [-0.2, 0) is 0 Å². The second kappa shape index (κ2) is 4.33. The summed E-state index contributed by atoms with van der Waals surface area (Å²) in [7, 11) is 0. The van der Waals surface area contributed by atoms with Crippen LogP contribution in [0.5, 0.6) is 0 Å². The van der Waals surface area contributed by atoms with E-state index in [1.54, 1.807) is 11.3 Å². The van der Waals surface area contributed by atoms with Crippen molar-refractivity contribution in [1.29, 1.82) is 0 Å². The molecular formula is C13H9BrN2OS. The standard InChI is InChI=1S/C13H9BrN2OS/c1-8-4-5-16-9(7-17)13(15-12(16)6-8)10-2-3-11(14)18-10/h2-7H,1H3. The summed E-state index contributed by atoms with van der Waals surface area (Å²) in [6, 6.07) is 7.87. The molecule has 0 fully saturated rings. The predicted octanol–water partition coefficient (Wildman–Crippen LogP) is 3.95. The summed E-state index contributed by atoms with van der Waals surface area (Å²) in [5.74, 6) is 0. The van der Waals surface area contributed by atoms with Gasteiger partial charge in [0.25, 0.3) is 0 Å². The van der Waals surface area contributed by atoms with Crippen LogP contribution in [0, 0.1) is 6.92 Å². The van der Waals surface area contributed by atoms with Gasteiger partial charge in [-0.15, -0.1) is 11.3 Å². The van der Waals surface area contributed by atoms with Crippen LogP contribution in [0.3, 0.4) is 0 Å². The van der Waals surface area contributed by atoms with Crippen LogP contribution in [-0.4, -0.2) is 15.7 Å². The zero-order valence-corrected chi connectivity index (χ0v) is 12.0. The number of imidazole rings is 1. The van der Waals surface area contributed by atoms with E-state index in [4.69, 9.17) is 0 Å². The lowest BCUT2D eigenvalue weighted by molar-refractivity contribution is 0.111. The van der Waals surface area contributed by atoms with Crippen LogP contribution in [0.1, 0.15) is 16.1 Å². The molecule has 5 heteroatoms. The molecule has 0 unspecified atom stereocenters. The summed E-state index contributed by atoms with van der Waals surface area (Å²) < 4.78 is 2.85. The Labute approximate surface area is 116 Å². The molecule has 18 heavy (non-hydrogen) atoms. The van der Waals surface area contributed by atoms with Crippen molar-refractivity contribution < 1.29 is 4.79 Å². The van der Waals surface area contributed by atoms with Gasteiger partial charge in [-0.3, -0.25) is 9.20 Å². The first-order chi connectivity index (χ1) is 8.69. The third-order valence-electron chi connectivity index (χ3n) is 2.74. The molecular weight excluding hydrogens is 312 g/mol. The zero-order valence-electron chi connectivity index (χ0n) is 9.55. The minimum atomic E-state index is 0.597. The summed E-state index contributed by atoms with van der Waals surface area (Å²) in [6.45, 7) is 2.01. The van der Waals surface area contributed by atoms with E-state index in [9.17, 15) is 4.79 Å². The molecule has 0 radical (unpaired) electrons. The minimum absolute atomic E-state index is 0.597. The number of fused-ring (bicyclic) bond motifs is 1. The van der Waals surface area contributed by atoms with E-state index < -0.39 is 0 Å². The first kappa shape index (κ1) is 11.6. The fraction of sp³-hybridized carbons (Fsp3) is 0.0769. The van der Waals surface area contributed by atoms with Crippen LogP contribution >= 0.6 is 27.3 Å². The van der Waals surface area contributed by atoms with Gasteiger partial charge in [-0.25, -0.2) is 4.98 Å². The maximum absolute atomic E-state index is 11.3. The highest BCUT2D eigenvalue weighted by Gasteiger charge is 2.14. The van der Waals surface area contributed by atoms with Gasteiger partial charge in [-0.1, -0.05) is 0 Å². The van der Waals surface area contributed by atoms with E-state index >= 15 is 0 Å². The molecule has 3 aromatic rings. The Morgan fingerprint density at radius 2 is 2.22 bits per heavy atom. The number of halogens is 1. The lowest BCUT2D eigenvalue weighted by Gasteiger charge is -1.96. The molecule has 0 aromatic carbocycles. The Hall–Kier alpha value is -1.46. The second-order valence-corrected chi connectivity index (χ2v) is 6.46. The normalized spacial score (nSPS) is 11.0. The van der Waals surface area contributed by atoms with Crippen molar-refractivity contribution in [1.82, 2.24) is 9.38 Å². The van der Waals surface area contributed by atoms with E-state index in [1.165, 1.54) is 0 Å². The van der Waals surface area contributed by atoms with Gasteiger partial charge in [0.15, 0.2) is 6.29 Å². The quantitative estimate of drug-likeness (QED) is 0.670. The third kappa shape index (κ3) is 1.79. The van der Waals surface area contributed by atoms with Gasteiger partial charge >= 0.3 is 0 Å². The molecule has 0 aliphatic carbocycles. The highest BCUT2D eigenvalue weighted by atomic mass is 79.9. The Morgan fingerprint density at radius 3 is 2.89 bits per heavy atom. The van der Waals surface area contributed by atoms with Gasteiger partial charge in [0.2, 0.25) is 0 Å². The second-order valence-electron chi connectivity index (χ2n) is 4.00. The number of nitrogens with zero attached hydrogens (tertiary/aromatic N) is 2. The molecule has 0 bridgehead atoms. The summed E-state index contributed by atoms with van der Waals surface area (Å²) in [6.07, 6.45) is 2.74. The summed E-state index contributed by atoms with van der Waals surface area (Å²) in [5, 5.41) is 0. The number of aryl methyl sites for hydroxylation is 1. The molecule has 0 saturated heterocycles. The molecule has 90 valence electrons. The monoisotopic (exact) mass is 320 g/mol. The average molecular weight is 321 g/mol. The number of thiophene rings is 1. The highest BCUT2D eigenvalue weighted by Crippen LogP contribution is 2.32. The summed E-state index contributed by atoms with van der Waals surface area (Å²) in [5.41, 5.74) is 3.27. The SMILES string of the molecule is Cc1ccn2c(C=O)c(-c3ccc(Br)s3)nc2c1. The minimum Gasteiger partial charge on any atom is -0.297 e. The van der Waals surface area contributed by atoms with Gasteiger partial charge in [0, 0.05) is 6.20 Å². The number of carbonyl (C=O) groups excluding carboxylic acids is 1. The molecule has 0 aliphatic heterocycles. The molecule has 3 heterocycles. The Balaban J connectivity index is 2.32. The lowest BCUT2D eigenvalue weighted by atomic mass is 10.3. The van der Waals surface area contributed by atoms with Crippen LogP contribution in [0.4, 0.5) is 0 Å². The molecule has 0 aliphatic rings. The van der Waals surface area contributed by atoms with Gasteiger partial charge in [-0.05, 0) is 52.7 Å². The van der Waals surface area contributed by atoms with E-state index in [2.05, 4.69) is 20.9 Å². The van der Waals surface area contributed by atoms with E-state index in [0.717, 1.165) is 31.9 Å². The summed E-state index contributed by atoms with van der Waals surface area (Å²) in [4.78, 5) is 16.8. The van der Waals surface area contributed by atoms with Crippen molar-refractivity contribution in [2.75, 3.05) is 0 Å². The third-order valence-corrected chi connectivity index (χ3v) is 4.37. The average Bonchev–Trinajstić information content (AvgIpc) is 2.91. The maximum atomic E-state index is 11.3. The molecule has 0 N–H and O–H groups in total. The Bertz CT molecular complexity index is 745. The molecule has 3 aromatic heterocycles. The van der Waals surface area contributed by atoms with Gasteiger partial charge in [0.05, 0.1) is 8.66 Å². The Morgan fingerprint density at radius 1 is 1.39 bits per heavy atom. The first-order valence-electron chi connectivity index (χ1n) is 5.38. The van der Waals surface area contributed by atoms with Crippen LogP contribution in [0.15, 0.2) is 34.2 Å². The number of hydrogen-bond acceptors (Lipinski definition) is 3. The molecule has 0 atom stereocenters. The fourth-order valence-corrected chi connectivity index (χ4v) is 3.29. The van der Waals surface area contributed by atoms with Gasteiger partial charge in [-0.2, -0.15) is 0 Å². The molecule has 3 nitrogen and oxygen atoms in total. The summed E-state index contributed by atoms with van der Waals surface area (Å²) >= 11 is 5.00. The van der Waals surface area contributed by atoms with E-state index in [1.807, 2.05) is 41.8 Å².